The molecule has 0 saturated carbocycles. The van der Waals surface area contributed by atoms with Gasteiger partial charge in [-0.2, -0.15) is 0 Å². The molecule has 2 N–H and O–H groups in total. The SMILES string of the molecule is COC1=CC=C(N)CCC1. The maximum absolute atomic E-state index is 5.61. The molecule has 1 rings (SSSR count). The molecule has 0 aromatic carbocycles. The number of hydrogen-bond acceptors (Lipinski definition) is 2. The van der Waals surface area contributed by atoms with Crippen LogP contribution in [0.25, 0.3) is 0 Å². The fourth-order valence-electron chi connectivity index (χ4n) is 1.00. The molecule has 0 atom stereocenters. The van der Waals surface area contributed by atoms with Crippen molar-refractivity contribution in [1.82, 2.24) is 0 Å². The normalized spacial score (nSPS) is 18.9. The Labute approximate surface area is 61.4 Å². The second kappa shape index (κ2) is 3.30. The monoisotopic (exact) mass is 139 g/mol. The lowest BCUT2D eigenvalue weighted by Gasteiger charge is -2.00. The van der Waals surface area contributed by atoms with Crippen LogP contribution in [0, 0.1) is 0 Å². The molecule has 0 bridgehead atoms. The lowest BCUT2D eigenvalue weighted by atomic mass is 10.2. The van der Waals surface area contributed by atoms with Gasteiger partial charge in [-0.1, -0.05) is 0 Å². The molecule has 0 fully saturated rings. The smallest absolute Gasteiger partial charge is 0.0956 e. The zero-order valence-corrected chi connectivity index (χ0v) is 6.26. The predicted molar refractivity (Wildman–Crippen MR) is 41.2 cm³/mol. The third kappa shape index (κ3) is 1.79. The molecular weight excluding hydrogens is 126 g/mol. The van der Waals surface area contributed by atoms with E-state index in [9.17, 15) is 0 Å². The predicted octanol–water partition coefficient (Wildman–Crippen LogP) is 1.54. The highest BCUT2D eigenvalue weighted by Gasteiger charge is 2.00. The summed E-state index contributed by atoms with van der Waals surface area (Å²) in [7, 11) is 1.70. The molecule has 10 heavy (non-hydrogen) atoms. The number of rotatable bonds is 1. The third-order valence-electron chi connectivity index (χ3n) is 1.63. The van der Waals surface area contributed by atoms with Crippen LogP contribution in [0.15, 0.2) is 23.6 Å². The van der Waals surface area contributed by atoms with E-state index in [2.05, 4.69) is 0 Å². The highest BCUT2D eigenvalue weighted by Crippen LogP contribution is 2.14. The van der Waals surface area contributed by atoms with E-state index < -0.39 is 0 Å². The summed E-state index contributed by atoms with van der Waals surface area (Å²) in [5, 5.41) is 0. The quantitative estimate of drug-likeness (QED) is 0.598. The number of allylic oxidation sites excluding steroid dienone is 4. The average Bonchev–Trinajstić information content (AvgIpc) is 2.14. The van der Waals surface area contributed by atoms with Gasteiger partial charge < -0.3 is 10.5 Å². The van der Waals surface area contributed by atoms with Crippen LogP contribution in [0.3, 0.4) is 0 Å². The average molecular weight is 139 g/mol. The first kappa shape index (κ1) is 7.19. The Kier molecular flexibility index (Phi) is 2.37. The van der Waals surface area contributed by atoms with Gasteiger partial charge in [-0.05, 0) is 25.0 Å². The van der Waals surface area contributed by atoms with Gasteiger partial charge in [-0.3, -0.25) is 0 Å². The minimum Gasteiger partial charge on any atom is -0.501 e. The van der Waals surface area contributed by atoms with E-state index in [1.54, 1.807) is 7.11 Å². The van der Waals surface area contributed by atoms with Crippen molar-refractivity contribution in [3.8, 4) is 0 Å². The maximum atomic E-state index is 5.61. The van der Waals surface area contributed by atoms with Crippen molar-refractivity contribution in [2.75, 3.05) is 7.11 Å². The molecule has 0 amide bonds. The van der Waals surface area contributed by atoms with Gasteiger partial charge in [0.05, 0.1) is 12.9 Å². The number of hydrogen-bond donors (Lipinski definition) is 1. The van der Waals surface area contributed by atoms with Crippen LogP contribution in [0.2, 0.25) is 0 Å². The van der Waals surface area contributed by atoms with Crippen molar-refractivity contribution in [1.29, 1.82) is 0 Å². The van der Waals surface area contributed by atoms with E-state index in [1.165, 1.54) is 0 Å². The van der Waals surface area contributed by atoms with Crippen molar-refractivity contribution < 1.29 is 4.74 Å². The van der Waals surface area contributed by atoms with Crippen LogP contribution in [-0.4, -0.2) is 7.11 Å². The molecule has 0 aliphatic heterocycles. The number of ether oxygens (including phenoxy) is 1. The largest absolute Gasteiger partial charge is 0.501 e. The van der Waals surface area contributed by atoms with E-state index in [0.717, 1.165) is 30.7 Å². The second-order valence-electron chi connectivity index (χ2n) is 2.43. The molecule has 0 radical (unpaired) electrons. The van der Waals surface area contributed by atoms with Gasteiger partial charge in [-0.25, -0.2) is 0 Å². The minimum atomic E-state index is 0.951. The van der Waals surface area contributed by atoms with E-state index in [0.29, 0.717) is 0 Å². The molecular formula is C8H13NO. The van der Waals surface area contributed by atoms with E-state index in [-0.39, 0.29) is 0 Å². The molecule has 0 aromatic rings. The summed E-state index contributed by atoms with van der Waals surface area (Å²) in [6, 6.07) is 0. The second-order valence-corrected chi connectivity index (χ2v) is 2.43. The standard InChI is InChI=1S/C8H13NO/c1-10-8-4-2-3-7(9)5-6-8/h5-6H,2-4,9H2,1H3. The van der Waals surface area contributed by atoms with Gasteiger partial charge >= 0.3 is 0 Å². The Hall–Kier alpha value is -0.920. The van der Waals surface area contributed by atoms with Gasteiger partial charge in [0.2, 0.25) is 0 Å². The van der Waals surface area contributed by atoms with Crippen molar-refractivity contribution in [2.24, 2.45) is 5.73 Å². The van der Waals surface area contributed by atoms with Gasteiger partial charge in [0, 0.05) is 12.1 Å². The first-order valence-electron chi connectivity index (χ1n) is 3.52. The Morgan fingerprint density at radius 3 is 2.90 bits per heavy atom. The molecule has 0 unspecified atom stereocenters. The molecule has 0 saturated heterocycles. The van der Waals surface area contributed by atoms with Crippen molar-refractivity contribution in [3.63, 3.8) is 0 Å². The molecule has 1 aliphatic rings. The Morgan fingerprint density at radius 1 is 1.40 bits per heavy atom. The fourth-order valence-corrected chi connectivity index (χ4v) is 1.00. The van der Waals surface area contributed by atoms with Crippen molar-refractivity contribution in [3.05, 3.63) is 23.6 Å². The van der Waals surface area contributed by atoms with E-state index in [1.807, 2.05) is 12.2 Å². The molecule has 0 spiro atoms. The molecule has 0 heterocycles. The van der Waals surface area contributed by atoms with Gasteiger partial charge in [0.25, 0.3) is 0 Å². The van der Waals surface area contributed by atoms with Crippen LogP contribution in [0.1, 0.15) is 19.3 Å². The van der Waals surface area contributed by atoms with Gasteiger partial charge in [0.1, 0.15) is 0 Å². The van der Waals surface area contributed by atoms with Gasteiger partial charge in [-0.15, -0.1) is 0 Å². The van der Waals surface area contributed by atoms with E-state index in [4.69, 9.17) is 10.5 Å². The van der Waals surface area contributed by atoms with Crippen molar-refractivity contribution in [2.45, 2.75) is 19.3 Å². The molecule has 1 aliphatic carbocycles. The van der Waals surface area contributed by atoms with Crippen LogP contribution in [-0.2, 0) is 4.74 Å². The maximum Gasteiger partial charge on any atom is 0.0956 e. The minimum absolute atomic E-state index is 0.951. The van der Waals surface area contributed by atoms with Gasteiger partial charge in [0.15, 0.2) is 0 Å². The summed E-state index contributed by atoms with van der Waals surface area (Å²) >= 11 is 0. The highest BCUT2D eigenvalue weighted by molar-refractivity contribution is 5.15. The lowest BCUT2D eigenvalue weighted by molar-refractivity contribution is 0.276. The lowest BCUT2D eigenvalue weighted by Crippen LogP contribution is -1.94. The first-order chi connectivity index (χ1) is 4.83. The Bertz CT molecular complexity index is 170. The third-order valence-corrected chi connectivity index (χ3v) is 1.63. The number of methoxy groups -OCH3 is 1. The Balaban J connectivity index is 2.60. The van der Waals surface area contributed by atoms with Crippen LogP contribution >= 0.6 is 0 Å². The van der Waals surface area contributed by atoms with E-state index >= 15 is 0 Å². The summed E-state index contributed by atoms with van der Waals surface area (Å²) in [4.78, 5) is 0. The molecule has 0 aromatic heterocycles. The van der Waals surface area contributed by atoms with Crippen LogP contribution in [0.5, 0.6) is 0 Å². The topological polar surface area (TPSA) is 35.2 Å². The molecule has 2 heteroatoms. The zero-order chi connectivity index (χ0) is 7.40. The number of nitrogens with two attached hydrogens (primary N) is 1. The first-order valence-corrected chi connectivity index (χ1v) is 3.52. The fraction of sp³-hybridized carbons (Fsp3) is 0.500. The summed E-state index contributed by atoms with van der Waals surface area (Å²) in [5.74, 6) is 1.03. The summed E-state index contributed by atoms with van der Waals surface area (Å²) in [5.41, 5.74) is 6.56. The molecule has 2 nitrogen and oxygen atoms in total. The van der Waals surface area contributed by atoms with Crippen LogP contribution in [0.4, 0.5) is 0 Å². The van der Waals surface area contributed by atoms with Crippen molar-refractivity contribution >= 4 is 0 Å². The highest BCUT2D eigenvalue weighted by atomic mass is 16.5. The van der Waals surface area contributed by atoms with Crippen LogP contribution < -0.4 is 5.73 Å². The molecule has 56 valence electrons. The summed E-state index contributed by atoms with van der Waals surface area (Å²) in [6.07, 6.45) is 6.97. The zero-order valence-electron chi connectivity index (χ0n) is 6.26. The summed E-state index contributed by atoms with van der Waals surface area (Å²) in [6.45, 7) is 0. The Morgan fingerprint density at radius 2 is 2.20 bits per heavy atom. The summed E-state index contributed by atoms with van der Waals surface area (Å²) < 4.78 is 5.08.